The molecule has 0 heterocycles. The van der Waals surface area contributed by atoms with Gasteiger partial charge in [-0.1, -0.05) is 0 Å². The lowest BCUT2D eigenvalue weighted by atomic mass is 10.2. The molecule has 0 saturated heterocycles. The Hall–Kier alpha value is -0.650. The first kappa shape index (κ1) is 9.35. The van der Waals surface area contributed by atoms with Gasteiger partial charge < -0.3 is 10.3 Å². The summed E-state index contributed by atoms with van der Waals surface area (Å²) in [6.45, 7) is 1.58. The maximum atomic E-state index is 10.7. The molecule has 5 heteroatoms. The van der Waals surface area contributed by atoms with E-state index in [1.165, 1.54) is 7.05 Å². The maximum Gasteiger partial charge on any atom is 0.309 e. The first-order valence-corrected chi connectivity index (χ1v) is 3.01. The third-order valence-corrected chi connectivity index (χ3v) is 1.17. The molecule has 0 aliphatic heterocycles. The predicted octanol–water partition coefficient (Wildman–Crippen LogP) is -1.63. The average molecular weight is 148 g/mol. The second-order valence-corrected chi connectivity index (χ2v) is 2.11. The van der Waals surface area contributed by atoms with E-state index in [0.29, 0.717) is 0 Å². The highest BCUT2D eigenvalue weighted by molar-refractivity contribution is 5.67. The fourth-order valence-corrected chi connectivity index (χ4v) is 0.601. The smallest absolute Gasteiger partial charge is 0.309 e. The minimum Gasteiger partial charge on any atom is -0.613 e. The Morgan fingerprint density at radius 2 is 2.40 bits per heavy atom. The lowest BCUT2D eigenvalue weighted by molar-refractivity contribution is -0.916. The molecule has 0 fully saturated rings. The van der Waals surface area contributed by atoms with Crippen LogP contribution in [0.2, 0.25) is 0 Å². The normalized spacial score (nSPS) is 16.3. The second kappa shape index (κ2) is 4.21. The lowest BCUT2D eigenvalue weighted by Crippen LogP contribution is -3.17. The Labute approximate surface area is 59.2 Å². The molecule has 0 amide bonds. The molecule has 0 aromatic rings. The summed E-state index contributed by atoms with van der Waals surface area (Å²) < 4.78 is 0. The van der Waals surface area contributed by atoms with E-state index in [-0.39, 0.29) is 11.6 Å². The minimum absolute atomic E-state index is 0.111. The van der Waals surface area contributed by atoms with Crippen molar-refractivity contribution >= 4 is 5.97 Å². The van der Waals surface area contributed by atoms with Crippen molar-refractivity contribution in [2.45, 2.75) is 19.4 Å². The third kappa shape index (κ3) is 3.39. The van der Waals surface area contributed by atoms with Crippen molar-refractivity contribution < 1.29 is 15.1 Å². The van der Waals surface area contributed by atoms with E-state index in [1.54, 1.807) is 6.92 Å². The van der Waals surface area contributed by atoms with Crippen LogP contribution < -0.4 is 10.6 Å². The van der Waals surface area contributed by atoms with Crippen molar-refractivity contribution in [1.82, 2.24) is 5.43 Å². The van der Waals surface area contributed by atoms with Gasteiger partial charge in [-0.3, -0.25) is 9.97 Å². The minimum atomic E-state index is -0.948. The number of quaternary nitrogens is 1. The molecule has 60 valence electrons. The number of hydroxylamine groups is 1. The molecule has 2 atom stereocenters. The Morgan fingerprint density at radius 3 is 2.70 bits per heavy atom. The van der Waals surface area contributed by atoms with E-state index in [4.69, 9.17) is 5.11 Å². The quantitative estimate of drug-likeness (QED) is 0.418. The predicted molar refractivity (Wildman–Crippen MR) is 35.1 cm³/mol. The molecule has 0 aromatic heterocycles. The van der Waals surface area contributed by atoms with Crippen LogP contribution in [0.1, 0.15) is 13.3 Å². The molecule has 0 bridgehead atoms. The summed E-state index contributed by atoms with van der Waals surface area (Å²) in [4.78, 5) is 10.1. The summed E-state index contributed by atoms with van der Waals surface area (Å²) in [6.07, 6.45) is -0.111. The molecule has 10 heavy (non-hydrogen) atoms. The van der Waals surface area contributed by atoms with Gasteiger partial charge in [0.2, 0.25) is 0 Å². The van der Waals surface area contributed by atoms with Crippen molar-refractivity contribution in [2.75, 3.05) is 7.05 Å². The average Bonchev–Trinajstić information content (AvgIpc) is 1.85. The standard InChI is InChI=1S/C5H12N2O3/c1-4(3-5(8)9)7(10)6-2/h4,6-7H,3H2,1-2H3,(H,8,9). The number of carboxylic acid groups (broad SMARTS) is 1. The summed E-state index contributed by atoms with van der Waals surface area (Å²) in [6, 6.07) is -0.442. The number of hydrogen-bond acceptors (Lipinski definition) is 3. The molecule has 0 aliphatic carbocycles. The van der Waals surface area contributed by atoms with E-state index in [0.717, 1.165) is 0 Å². The van der Waals surface area contributed by atoms with Gasteiger partial charge in [-0.25, -0.2) is 0 Å². The summed E-state index contributed by atoms with van der Waals surface area (Å²) in [5, 5.41) is 18.7. The summed E-state index contributed by atoms with van der Waals surface area (Å²) in [5.74, 6) is -0.948. The second-order valence-electron chi connectivity index (χ2n) is 2.11. The van der Waals surface area contributed by atoms with Crippen molar-refractivity contribution in [3.05, 3.63) is 5.21 Å². The van der Waals surface area contributed by atoms with Crippen molar-refractivity contribution in [1.29, 1.82) is 0 Å². The van der Waals surface area contributed by atoms with Crippen LogP contribution >= 0.6 is 0 Å². The van der Waals surface area contributed by atoms with Gasteiger partial charge in [-0.15, -0.1) is 0 Å². The molecule has 0 saturated carbocycles. The fraction of sp³-hybridized carbons (Fsp3) is 0.800. The highest BCUT2D eigenvalue weighted by atomic mass is 16.5. The third-order valence-electron chi connectivity index (χ3n) is 1.17. The van der Waals surface area contributed by atoms with Crippen molar-refractivity contribution in [2.24, 2.45) is 0 Å². The first-order valence-electron chi connectivity index (χ1n) is 3.01. The van der Waals surface area contributed by atoms with E-state index < -0.39 is 12.0 Å². The number of rotatable bonds is 4. The van der Waals surface area contributed by atoms with Gasteiger partial charge in [-0.2, -0.15) is 5.43 Å². The Bertz CT molecular complexity index is 117. The number of carboxylic acids is 1. The number of carbonyl (C=O) groups is 1. The topological polar surface area (TPSA) is 76.8 Å². The fourth-order valence-electron chi connectivity index (χ4n) is 0.601. The number of hydrogen-bond donors (Lipinski definition) is 3. The molecule has 0 aliphatic rings. The van der Waals surface area contributed by atoms with Gasteiger partial charge in [0.25, 0.3) is 0 Å². The monoisotopic (exact) mass is 148 g/mol. The highest BCUT2D eigenvalue weighted by Crippen LogP contribution is 1.82. The zero-order valence-corrected chi connectivity index (χ0v) is 6.05. The molecule has 0 spiro atoms. The van der Waals surface area contributed by atoms with E-state index in [2.05, 4.69) is 5.43 Å². The van der Waals surface area contributed by atoms with Crippen LogP contribution in [0.15, 0.2) is 0 Å². The molecular formula is C5H12N2O3. The van der Waals surface area contributed by atoms with Crippen molar-refractivity contribution in [3.63, 3.8) is 0 Å². The lowest BCUT2D eigenvalue weighted by Gasteiger charge is -2.25. The van der Waals surface area contributed by atoms with Crippen LogP contribution in [-0.2, 0) is 4.79 Å². The van der Waals surface area contributed by atoms with Crippen LogP contribution in [0.25, 0.3) is 0 Å². The van der Waals surface area contributed by atoms with Gasteiger partial charge in [0.05, 0.1) is 6.42 Å². The van der Waals surface area contributed by atoms with Gasteiger partial charge in [-0.05, 0) is 6.92 Å². The summed E-state index contributed by atoms with van der Waals surface area (Å²) in [7, 11) is 1.49. The van der Waals surface area contributed by atoms with Crippen LogP contribution in [0.5, 0.6) is 0 Å². The SMILES string of the molecule is CN[NH+]([O-])C(C)CC(=O)O. The van der Waals surface area contributed by atoms with Crippen LogP contribution in [-0.4, -0.2) is 24.2 Å². The molecule has 0 aromatic carbocycles. The highest BCUT2D eigenvalue weighted by Gasteiger charge is 2.11. The van der Waals surface area contributed by atoms with E-state index in [9.17, 15) is 10.0 Å². The number of aliphatic carboxylic acids is 1. The zero-order valence-electron chi connectivity index (χ0n) is 6.05. The number of nitrogens with one attached hydrogen (secondary N) is 2. The Balaban J connectivity index is 3.61. The molecule has 0 rings (SSSR count). The zero-order chi connectivity index (χ0) is 8.15. The summed E-state index contributed by atoms with van der Waals surface area (Å²) in [5.41, 5.74) is 2.37. The Kier molecular flexibility index (Phi) is 3.94. The largest absolute Gasteiger partial charge is 0.613 e. The molecule has 3 N–H and O–H groups in total. The molecule has 2 unspecified atom stereocenters. The molecule has 5 nitrogen and oxygen atoms in total. The van der Waals surface area contributed by atoms with Crippen LogP contribution in [0.3, 0.4) is 0 Å². The summed E-state index contributed by atoms with van der Waals surface area (Å²) >= 11 is 0. The van der Waals surface area contributed by atoms with Gasteiger partial charge in [0, 0.05) is 7.05 Å². The van der Waals surface area contributed by atoms with Gasteiger partial charge in [0.1, 0.15) is 6.04 Å². The van der Waals surface area contributed by atoms with E-state index >= 15 is 0 Å². The molecule has 0 radical (unpaired) electrons. The van der Waals surface area contributed by atoms with E-state index in [1.807, 2.05) is 0 Å². The van der Waals surface area contributed by atoms with Crippen LogP contribution in [0.4, 0.5) is 0 Å². The van der Waals surface area contributed by atoms with Crippen molar-refractivity contribution in [3.8, 4) is 0 Å². The maximum absolute atomic E-state index is 10.7. The first-order chi connectivity index (χ1) is 4.57. The molecular weight excluding hydrogens is 136 g/mol. The van der Waals surface area contributed by atoms with Crippen LogP contribution in [0, 0.1) is 5.21 Å². The van der Waals surface area contributed by atoms with Gasteiger partial charge >= 0.3 is 5.97 Å². The Morgan fingerprint density at radius 1 is 1.90 bits per heavy atom. The van der Waals surface area contributed by atoms with Gasteiger partial charge in [0.15, 0.2) is 0 Å².